The molecule has 0 spiro atoms. The van der Waals surface area contributed by atoms with Crippen molar-refractivity contribution in [2.75, 3.05) is 39.6 Å². The molecule has 3 N–H and O–H groups in total. The smallest absolute Gasteiger partial charge is 0.462 e. The zero-order valence-electron chi connectivity index (χ0n) is 63.4. The third-order valence-corrected chi connectivity index (χ3v) is 20.5. The zero-order chi connectivity index (χ0) is 71.4. The fourth-order valence-corrected chi connectivity index (χ4v) is 13.6. The van der Waals surface area contributed by atoms with Crippen molar-refractivity contribution in [1.29, 1.82) is 0 Å². The van der Waals surface area contributed by atoms with E-state index in [1.54, 1.807) is 0 Å². The number of aliphatic hydroxyl groups is 1. The Labute approximate surface area is 594 Å². The lowest BCUT2D eigenvalue weighted by molar-refractivity contribution is -0.161. The van der Waals surface area contributed by atoms with Crippen LogP contribution >= 0.6 is 15.6 Å². The summed E-state index contributed by atoms with van der Waals surface area (Å²) in [5.74, 6) is -0.561. The first-order valence-electron chi connectivity index (χ1n) is 40.5. The lowest BCUT2D eigenvalue weighted by Crippen LogP contribution is -2.30. The maximum absolute atomic E-state index is 13.1. The normalized spacial score (nSPS) is 14.2. The fourth-order valence-electron chi connectivity index (χ4n) is 12.0. The van der Waals surface area contributed by atoms with Gasteiger partial charge in [-0.1, -0.05) is 356 Å². The van der Waals surface area contributed by atoms with Crippen molar-refractivity contribution in [3.8, 4) is 0 Å². The van der Waals surface area contributed by atoms with Gasteiger partial charge in [-0.05, 0) is 37.5 Å². The highest BCUT2D eigenvalue weighted by atomic mass is 31.2. The van der Waals surface area contributed by atoms with Crippen molar-refractivity contribution in [2.24, 2.45) is 11.8 Å². The molecule has 0 heterocycles. The molecule has 0 radical (unpaired) electrons. The van der Waals surface area contributed by atoms with Crippen molar-refractivity contribution >= 4 is 39.5 Å². The molecule has 97 heavy (non-hydrogen) atoms. The van der Waals surface area contributed by atoms with E-state index in [0.717, 1.165) is 108 Å². The average molecular weight is 1420 g/mol. The number of hydrogen-bond donors (Lipinski definition) is 3. The molecule has 3 unspecified atom stereocenters. The lowest BCUT2D eigenvalue weighted by Gasteiger charge is -2.21. The van der Waals surface area contributed by atoms with Gasteiger partial charge in [0.2, 0.25) is 0 Å². The van der Waals surface area contributed by atoms with Crippen LogP contribution in [0.25, 0.3) is 0 Å². The summed E-state index contributed by atoms with van der Waals surface area (Å²) in [5, 5.41) is 10.6. The quantitative estimate of drug-likeness (QED) is 0.0222. The van der Waals surface area contributed by atoms with Gasteiger partial charge in [-0.25, -0.2) is 9.13 Å². The van der Waals surface area contributed by atoms with E-state index in [-0.39, 0.29) is 25.7 Å². The van der Waals surface area contributed by atoms with Gasteiger partial charge in [0.25, 0.3) is 0 Å². The van der Waals surface area contributed by atoms with Crippen LogP contribution in [0.3, 0.4) is 0 Å². The molecule has 17 nitrogen and oxygen atoms in total. The van der Waals surface area contributed by atoms with E-state index in [9.17, 15) is 43.2 Å². The monoisotopic (exact) mass is 1420 g/mol. The molecule has 0 aliphatic carbocycles. The summed E-state index contributed by atoms with van der Waals surface area (Å²) >= 11 is 0. The summed E-state index contributed by atoms with van der Waals surface area (Å²) in [7, 11) is -9.91. The van der Waals surface area contributed by atoms with Crippen LogP contribution in [0, 0.1) is 11.8 Å². The minimum absolute atomic E-state index is 0.107. The number of phosphoric acid groups is 2. The summed E-state index contributed by atoms with van der Waals surface area (Å²) in [6.45, 7) is 9.61. The van der Waals surface area contributed by atoms with E-state index in [1.165, 1.54) is 218 Å². The molecule has 0 aliphatic rings. The van der Waals surface area contributed by atoms with Crippen LogP contribution in [0.4, 0.5) is 0 Å². The van der Waals surface area contributed by atoms with Crippen molar-refractivity contribution in [1.82, 2.24) is 0 Å². The Kier molecular flexibility index (Phi) is 68.4. The standard InChI is InChI=1S/C78H152O17P2/c1-7-10-12-14-16-18-20-28-33-37-41-48-54-60-75(80)88-66-73(94-77(82)63-57-51-43-39-35-31-27-25-23-22-24-26-30-32-36-40-46-52-58-70(4)5)68-92-96(84,85)90-64-72(79)65-91-97(86,87)93-69-74(67-89-76(81)61-55-49-45-44-47-53-59-71(6)9-3)95-78(83)62-56-50-42-38-34-29-21-19-17-15-13-11-8-2/h70-74,79H,7-69H2,1-6H3,(H,84,85)(H,86,87)/t71?,72-,73-,74-/m1/s1. The van der Waals surface area contributed by atoms with Crippen molar-refractivity contribution in [3.05, 3.63) is 0 Å². The summed E-state index contributed by atoms with van der Waals surface area (Å²) in [6, 6.07) is 0. The van der Waals surface area contributed by atoms with E-state index in [4.69, 9.17) is 37.0 Å². The number of carbonyl (C=O) groups is 4. The van der Waals surface area contributed by atoms with Gasteiger partial charge in [-0.15, -0.1) is 0 Å². The maximum Gasteiger partial charge on any atom is 0.472 e. The first-order chi connectivity index (χ1) is 46.9. The zero-order valence-corrected chi connectivity index (χ0v) is 65.2. The molecule has 0 aromatic rings. The Morgan fingerprint density at radius 3 is 0.784 bits per heavy atom. The molecule has 0 aliphatic heterocycles. The molecular weight excluding hydrogens is 1270 g/mol. The molecule has 0 bridgehead atoms. The minimum Gasteiger partial charge on any atom is -0.462 e. The number of hydrogen-bond acceptors (Lipinski definition) is 15. The second-order valence-corrected chi connectivity index (χ2v) is 31.7. The molecule has 0 amide bonds. The van der Waals surface area contributed by atoms with E-state index in [0.29, 0.717) is 25.7 Å². The Bertz CT molecular complexity index is 1870. The van der Waals surface area contributed by atoms with E-state index < -0.39 is 97.5 Å². The molecular formula is C78H152O17P2. The van der Waals surface area contributed by atoms with Gasteiger partial charge in [0.1, 0.15) is 19.3 Å². The SMILES string of the molecule is CCCCCCCCCCCCCCCC(=O)OC[C@H](COP(=O)(O)OC[C@@H](O)COP(=O)(O)OC[C@@H](COC(=O)CCCCCCCCC(C)CC)OC(=O)CCCCCCCCCCCCCCC)OC(=O)CCCCCCCCCCCCCCCCCCCCC(C)C. The summed E-state index contributed by atoms with van der Waals surface area (Å²) in [5.41, 5.74) is 0. The van der Waals surface area contributed by atoms with Crippen molar-refractivity contribution in [2.45, 2.75) is 426 Å². The second-order valence-electron chi connectivity index (χ2n) is 28.8. The average Bonchev–Trinajstić information content (AvgIpc) is 1.28. The number of esters is 4. The van der Waals surface area contributed by atoms with E-state index in [2.05, 4.69) is 41.5 Å². The number of ether oxygens (including phenoxy) is 4. The third-order valence-electron chi connectivity index (χ3n) is 18.6. The highest BCUT2D eigenvalue weighted by Gasteiger charge is 2.30. The molecule has 19 heteroatoms. The third kappa shape index (κ3) is 70.9. The predicted molar refractivity (Wildman–Crippen MR) is 395 cm³/mol. The first kappa shape index (κ1) is 95.1. The van der Waals surface area contributed by atoms with Gasteiger partial charge < -0.3 is 33.8 Å². The van der Waals surface area contributed by atoms with Crippen LogP contribution in [-0.4, -0.2) is 96.7 Å². The van der Waals surface area contributed by atoms with Crippen LogP contribution in [0.1, 0.15) is 408 Å². The number of unbranched alkanes of at least 4 members (excludes halogenated alkanes) is 46. The van der Waals surface area contributed by atoms with E-state index in [1.807, 2.05) is 0 Å². The summed E-state index contributed by atoms with van der Waals surface area (Å²) in [4.78, 5) is 72.9. The number of aliphatic hydroxyl groups excluding tert-OH is 1. The van der Waals surface area contributed by atoms with Crippen molar-refractivity contribution < 1.29 is 80.2 Å². The molecule has 6 atom stereocenters. The van der Waals surface area contributed by atoms with Crippen LogP contribution < -0.4 is 0 Å². The van der Waals surface area contributed by atoms with Crippen LogP contribution in [0.2, 0.25) is 0 Å². The molecule has 0 saturated carbocycles. The molecule has 0 rings (SSSR count). The summed E-state index contributed by atoms with van der Waals surface area (Å²) < 4.78 is 68.6. The van der Waals surface area contributed by atoms with Gasteiger partial charge in [0, 0.05) is 25.7 Å². The molecule has 576 valence electrons. The van der Waals surface area contributed by atoms with Gasteiger partial charge in [-0.3, -0.25) is 37.3 Å². The largest absolute Gasteiger partial charge is 0.472 e. The fraction of sp³-hybridized carbons (Fsp3) is 0.949. The Hall–Kier alpha value is -1.94. The Morgan fingerprint density at radius 2 is 0.526 bits per heavy atom. The minimum atomic E-state index is -4.96. The molecule has 0 saturated heterocycles. The van der Waals surface area contributed by atoms with Gasteiger partial charge in [0.05, 0.1) is 26.4 Å². The Balaban J connectivity index is 5.21. The van der Waals surface area contributed by atoms with Crippen LogP contribution in [0.15, 0.2) is 0 Å². The predicted octanol–water partition coefficient (Wildman–Crippen LogP) is 23.1. The number of carbonyl (C=O) groups excluding carboxylic acids is 4. The molecule has 0 fully saturated rings. The Morgan fingerprint density at radius 1 is 0.299 bits per heavy atom. The number of phosphoric ester groups is 2. The number of rotatable bonds is 77. The van der Waals surface area contributed by atoms with Gasteiger partial charge >= 0.3 is 39.5 Å². The van der Waals surface area contributed by atoms with Crippen LogP contribution in [-0.2, 0) is 65.4 Å². The molecule has 0 aromatic heterocycles. The second kappa shape index (κ2) is 69.8. The highest BCUT2D eigenvalue weighted by molar-refractivity contribution is 7.47. The van der Waals surface area contributed by atoms with E-state index >= 15 is 0 Å². The first-order valence-corrected chi connectivity index (χ1v) is 43.5. The lowest BCUT2D eigenvalue weighted by atomic mass is 10.00. The highest BCUT2D eigenvalue weighted by Crippen LogP contribution is 2.45. The topological polar surface area (TPSA) is 237 Å². The molecule has 0 aromatic carbocycles. The maximum atomic E-state index is 13.1. The van der Waals surface area contributed by atoms with Crippen molar-refractivity contribution in [3.63, 3.8) is 0 Å². The van der Waals surface area contributed by atoms with Gasteiger partial charge in [0.15, 0.2) is 12.2 Å². The summed E-state index contributed by atoms with van der Waals surface area (Å²) in [6.07, 6.45) is 58.3. The van der Waals surface area contributed by atoms with Crippen LogP contribution in [0.5, 0.6) is 0 Å². The van der Waals surface area contributed by atoms with Gasteiger partial charge in [-0.2, -0.15) is 0 Å².